The molecule has 78 valence electrons. The van der Waals surface area contributed by atoms with Crippen molar-refractivity contribution in [3.05, 3.63) is 33.2 Å². The molecule has 0 radical (unpaired) electrons. The van der Waals surface area contributed by atoms with Gasteiger partial charge in [0.15, 0.2) is 0 Å². The van der Waals surface area contributed by atoms with Crippen LogP contribution in [0.1, 0.15) is 9.67 Å². The second-order valence-electron chi connectivity index (χ2n) is 2.99. The predicted molar refractivity (Wildman–Crippen MR) is 63.2 cm³/mol. The van der Waals surface area contributed by atoms with Gasteiger partial charge >= 0.3 is 0 Å². The summed E-state index contributed by atoms with van der Waals surface area (Å²) in [4.78, 5) is 12.4. The highest BCUT2D eigenvalue weighted by atomic mass is 79.9. The van der Waals surface area contributed by atoms with Crippen LogP contribution in [0.3, 0.4) is 0 Å². The molecule has 0 fully saturated rings. The van der Waals surface area contributed by atoms with Crippen molar-refractivity contribution in [2.45, 2.75) is 0 Å². The van der Waals surface area contributed by atoms with E-state index in [1.807, 2.05) is 5.38 Å². The van der Waals surface area contributed by atoms with Crippen molar-refractivity contribution in [1.29, 1.82) is 0 Å². The monoisotopic (exact) mass is 285 g/mol. The van der Waals surface area contributed by atoms with E-state index in [9.17, 15) is 4.79 Å². The minimum atomic E-state index is -0.112. The molecule has 0 aliphatic heterocycles. The number of carbonyl (C=O) groups is 1. The summed E-state index contributed by atoms with van der Waals surface area (Å²) in [5, 5.41) is 8.60. The summed E-state index contributed by atoms with van der Waals surface area (Å²) in [6, 6.07) is 1.79. The fourth-order valence-electron chi connectivity index (χ4n) is 1.11. The number of hydrogen-bond acceptors (Lipinski definition) is 3. The van der Waals surface area contributed by atoms with Gasteiger partial charge in [-0.05, 0) is 22.0 Å². The fourth-order valence-corrected chi connectivity index (χ4v) is 2.43. The molecule has 0 unspecified atom stereocenters. The molecule has 0 aliphatic rings. The molecule has 0 saturated carbocycles. The summed E-state index contributed by atoms with van der Waals surface area (Å²) >= 11 is 4.70. The van der Waals surface area contributed by atoms with Crippen LogP contribution in [-0.4, -0.2) is 15.7 Å². The summed E-state index contributed by atoms with van der Waals surface area (Å²) in [6.07, 6.45) is 3.36. The third-order valence-electron chi connectivity index (χ3n) is 1.75. The number of rotatable bonds is 2. The van der Waals surface area contributed by atoms with Crippen molar-refractivity contribution in [3.8, 4) is 0 Å². The zero-order valence-electron chi connectivity index (χ0n) is 7.90. The summed E-state index contributed by atoms with van der Waals surface area (Å²) in [5.41, 5.74) is 0.701. The minimum absolute atomic E-state index is 0.112. The van der Waals surface area contributed by atoms with Crippen molar-refractivity contribution >= 4 is 38.9 Å². The average molecular weight is 286 g/mol. The van der Waals surface area contributed by atoms with E-state index >= 15 is 0 Å². The minimum Gasteiger partial charge on any atom is -0.319 e. The lowest BCUT2D eigenvalue weighted by Crippen LogP contribution is -2.09. The largest absolute Gasteiger partial charge is 0.319 e. The highest BCUT2D eigenvalue weighted by molar-refractivity contribution is 9.10. The second kappa shape index (κ2) is 4.16. The van der Waals surface area contributed by atoms with Gasteiger partial charge in [-0.15, -0.1) is 11.3 Å². The van der Waals surface area contributed by atoms with Gasteiger partial charge in [0.2, 0.25) is 0 Å². The number of thiophene rings is 1. The van der Waals surface area contributed by atoms with E-state index in [4.69, 9.17) is 0 Å². The highest BCUT2D eigenvalue weighted by Crippen LogP contribution is 2.20. The maximum atomic E-state index is 11.7. The number of aryl methyl sites for hydroxylation is 1. The van der Waals surface area contributed by atoms with Crippen molar-refractivity contribution in [3.63, 3.8) is 0 Å². The van der Waals surface area contributed by atoms with Crippen LogP contribution >= 0.6 is 27.3 Å². The molecular formula is C9H8BrN3OS. The lowest BCUT2D eigenvalue weighted by molar-refractivity contribution is 0.103. The van der Waals surface area contributed by atoms with Gasteiger partial charge < -0.3 is 5.32 Å². The van der Waals surface area contributed by atoms with Crippen LogP contribution in [0.5, 0.6) is 0 Å². The molecule has 2 aromatic rings. The van der Waals surface area contributed by atoms with Gasteiger partial charge in [-0.1, -0.05) is 0 Å². The van der Waals surface area contributed by atoms with Crippen LogP contribution in [0, 0.1) is 0 Å². The zero-order valence-corrected chi connectivity index (χ0v) is 10.3. The van der Waals surface area contributed by atoms with Gasteiger partial charge in [-0.3, -0.25) is 9.48 Å². The fraction of sp³-hybridized carbons (Fsp3) is 0.111. The Kier molecular flexibility index (Phi) is 2.88. The summed E-state index contributed by atoms with van der Waals surface area (Å²) in [7, 11) is 1.80. The first kappa shape index (κ1) is 10.4. The van der Waals surface area contributed by atoms with E-state index in [1.165, 1.54) is 11.3 Å². The standard InChI is InChI=1S/C9H8BrN3OS/c1-13-4-7(3-11-13)12-9(14)8-2-6(10)5-15-8/h2-5H,1H3,(H,12,14). The van der Waals surface area contributed by atoms with Gasteiger partial charge in [-0.2, -0.15) is 5.10 Å². The molecular weight excluding hydrogens is 278 g/mol. The number of aromatic nitrogens is 2. The summed E-state index contributed by atoms with van der Waals surface area (Å²) in [6.45, 7) is 0. The Hall–Kier alpha value is -1.14. The molecule has 15 heavy (non-hydrogen) atoms. The van der Waals surface area contributed by atoms with E-state index in [1.54, 1.807) is 30.2 Å². The van der Waals surface area contributed by atoms with E-state index in [-0.39, 0.29) is 5.91 Å². The zero-order chi connectivity index (χ0) is 10.8. The molecule has 2 heterocycles. The second-order valence-corrected chi connectivity index (χ2v) is 4.81. The Morgan fingerprint density at radius 3 is 3.00 bits per heavy atom. The van der Waals surface area contributed by atoms with Crippen LogP contribution in [0.15, 0.2) is 28.3 Å². The normalized spacial score (nSPS) is 10.3. The van der Waals surface area contributed by atoms with E-state index in [0.717, 1.165) is 4.47 Å². The first-order valence-corrected chi connectivity index (χ1v) is 5.86. The molecule has 1 N–H and O–H groups in total. The van der Waals surface area contributed by atoms with Crippen molar-refractivity contribution in [2.24, 2.45) is 7.05 Å². The predicted octanol–water partition coefficient (Wildman–Crippen LogP) is 2.50. The van der Waals surface area contributed by atoms with Gasteiger partial charge in [0.05, 0.1) is 16.8 Å². The molecule has 1 amide bonds. The Balaban J connectivity index is 2.10. The molecule has 2 rings (SSSR count). The van der Waals surface area contributed by atoms with Crippen LogP contribution in [0.2, 0.25) is 0 Å². The lowest BCUT2D eigenvalue weighted by Gasteiger charge is -1.97. The van der Waals surface area contributed by atoms with Crippen molar-refractivity contribution in [2.75, 3.05) is 5.32 Å². The molecule has 6 heteroatoms. The summed E-state index contributed by atoms with van der Waals surface area (Å²) in [5.74, 6) is -0.112. The van der Waals surface area contributed by atoms with Gasteiger partial charge in [0.1, 0.15) is 0 Å². The van der Waals surface area contributed by atoms with Crippen molar-refractivity contribution < 1.29 is 4.79 Å². The third-order valence-corrected chi connectivity index (χ3v) is 3.44. The van der Waals surface area contributed by atoms with Crippen LogP contribution in [0.25, 0.3) is 0 Å². The molecule has 0 saturated heterocycles. The van der Waals surface area contributed by atoms with Crippen LogP contribution in [-0.2, 0) is 7.05 Å². The van der Waals surface area contributed by atoms with Gasteiger partial charge in [0.25, 0.3) is 5.91 Å². The first-order valence-electron chi connectivity index (χ1n) is 4.19. The number of anilines is 1. The molecule has 4 nitrogen and oxygen atoms in total. The van der Waals surface area contributed by atoms with Crippen LogP contribution in [0.4, 0.5) is 5.69 Å². The lowest BCUT2D eigenvalue weighted by atomic mass is 10.4. The SMILES string of the molecule is Cn1cc(NC(=O)c2cc(Br)cs2)cn1. The molecule has 0 spiro atoms. The highest BCUT2D eigenvalue weighted by Gasteiger charge is 2.09. The number of amides is 1. The molecule has 2 aromatic heterocycles. The number of carbonyl (C=O) groups excluding carboxylic acids is 1. The average Bonchev–Trinajstić information content (AvgIpc) is 2.75. The number of halogens is 1. The topological polar surface area (TPSA) is 46.9 Å². The van der Waals surface area contributed by atoms with Gasteiger partial charge in [0, 0.05) is 23.1 Å². The third kappa shape index (κ3) is 2.45. The number of nitrogens with one attached hydrogen (secondary N) is 1. The molecule has 0 aliphatic carbocycles. The number of nitrogens with zero attached hydrogens (tertiary/aromatic N) is 2. The Labute approximate surface area is 99.0 Å². The van der Waals surface area contributed by atoms with E-state index < -0.39 is 0 Å². The van der Waals surface area contributed by atoms with Crippen molar-refractivity contribution in [1.82, 2.24) is 9.78 Å². The first-order chi connectivity index (χ1) is 7.15. The maximum Gasteiger partial charge on any atom is 0.265 e. The molecule has 0 aromatic carbocycles. The van der Waals surface area contributed by atoms with Gasteiger partial charge in [-0.25, -0.2) is 0 Å². The Morgan fingerprint density at radius 2 is 2.47 bits per heavy atom. The number of hydrogen-bond donors (Lipinski definition) is 1. The summed E-state index contributed by atoms with van der Waals surface area (Å²) < 4.78 is 2.56. The smallest absolute Gasteiger partial charge is 0.265 e. The maximum absolute atomic E-state index is 11.7. The van der Waals surface area contributed by atoms with E-state index in [0.29, 0.717) is 10.6 Å². The molecule has 0 atom stereocenters. The Morgan fingerprint density at radius 1 is 1.67 bits per heavy atom. The quantitative estimate of drug-likeness (QED) is 0.922. The van der Waals surface area contributed by atoms with Crippen LogP contribution < -0.4 is 5.32 Å². The Bertz CT molecular complexity index is 491. The van der Waals surface area contributed by atoms with E-state index in [2.05, 4.69) is 26.3 Å². The molecule has 0 bridgehead atoms.